The Hall–Kier alpha value is -0.0400. The van der Waals surface area contributed by atoms with Gasteiger partial charge in [-0.1, -0.05) is 84.5 Å². The Labute approximate surface area is 134 Å². The molecular weight excluding hydrogens is 258 g/mol. The zero-order valence-corrected chi connectivity index (χ0v) is 14.9. The van der Waals surface area contributed by atoms with E-state index in [1.807, 2.05) is 0 Å². The molecule has 0 radical (unpaired) electrons. The van der Waals surface area contributed by atoms with Crippen molar-refractivity contribution in [2.24, 2.45) is 5.92 Å². The highest BCUT2D eigenvalue weighted by Gasteiger charge is 2.24. The Bertz CT molecular complexity index is 214. The van der Waals surface area contributed by atoms with Crippen LogP contribution in [0.5, 0.6) is 0 Å². The molecule has 0 unspecified atom stereocenters. The van der Waals surface area contributed by atoms with Crippen molar-refractivity contribution in [1.82, 2.24) is 0 Å². The van der Waals surface area contributed by atoms with E-state index in [2.05, 4.69) is 13.8 Å². The molecule has 0 N–H and O–H groups in total. The fraction of sp³-hybridized carbons (Fsp3) is 1.00. The van der Waals surface area contributed by atoms with Gasteiger partial charge in [0, 0.05) is 6.61 Å². The van der Waals surface area contributed by atoms with E-state index in [1.54, 1.807) is 0 Å². The minimum absolute atomic E-state index is 0.594. The zero-order chi connectivity index (χ0) is 15.2. The van der Waals surface area contributed by atoms with Crippen molar-refractivity contribution < 1.29 is 4.74 Å². The lowest BCUT2D eigenvalue weighted by Gasteiger charge is -2.32. The van der Waals surface area contributed by atoms with E-state index in [-0.39, 0.29) is 0 Å². The van der Waals surface area contributed by atoms with E-state index in [9.17, 15) is 0 Å². The minimum Gasteiger partial charge on any atom is -0.378 e. The van der Waals surface area contributed by atoms with E-state index in [4.69, 9.17) is 4.74 Å². The molecule has 1 heterocycles. The number of hydrogen-bond donors (Lipinski definition) is 0. The Morgan fingerprint density at radius 3 is 2.29 bits per heavy atom. The van der Waals surface area contributed by atoms with Gasteiger partial charge in [-0.25, -0.2) is 0 Å². The van der Waals surface area contributed by atoms with Gasteiger partial charge in [0.15, 0.2) is 0 Å². The third-order valence-corrected chi connectivity index (χ3v) is 5.10. The first kappa shape index (κ1) is 19.0. The highest BCUT2D eigenvalue weighted by Crippen LogP contribution is 2.29. The molecule has 0 aromatic rings. The quantitative estimate of drug-likeness (QED) is 0.336. The van der Waals surface area contributed by atoms with Gasteiger partial charge in [0.05, 0.1) is 6.10 Å². The van der Waals surface area contributed by atoms with Crippen molar-refractivity contribution in [3.05, 3.63) is 0 Å². The van der Waals surface area contributed by atoms with Crippen LogP contribution in [0.4, 0.5) is 0 Å². The van der Waals surface area contributed by atoms with Crippen LogP contribution < -0.4 is 0 Å². The third-order valence-electron chi connectivity index (χ3n) is 5.10. The van der Waals surface area contributed by atoms with Crippen molar-refractivity contribution >= 4 is 0 Å². The summed E-state index contributed by atoms with van der Waals surface area (Å²) in [7, 11) is 0. The van der Waals surface area contributed by atoms with Crippen LogP contribution in [0.3, 0.4) is 0 Å². The summed E-state index contributed by atoms with van der Waals surface area (Å²) >= 11 is 0. The zero-order valence-electron chi connectivity index (χ0n) is 14.9. The molecule has 0 saturated carbocycles. The van der Waals surface area contributed by atoms with Crippen molar-refractivity contribution in [2.45, 2.75) is 116 Å². The van der Waals surface area contributed by atoms with Gasteiger partial charge in [0.25, 0.3) is 0 Å². The van der Waals surface area contributed by atoms with Crippen LogP contribution in [0.15, 0.2) is 0 Å². The molecule has 1 rings (SSSR count). The number of unbranched alkanes of at least 4 members (excludes halogenated alkanes) is 9. The van der Waals surface area contributed by atoms with Gasteiger partial charge in [-0.3, -0.25) is 0 Å². The van der Waals surface area contributed by atoms with E-state index < -0.39 is 0 Å². The molecule has 1 fully saturated rings. The van der Waals surface area contributed by atoms with Crippen molar-refractivity contribution in [3.8, 4) is 0 Å². The second-order valence-corrected chi connectivity index (χ2v) is 7.07. The van der Waals surface area contributed by atoms with E-state index in [0.717, 1.165) is 12.5 Å². The van der Waals surface area contributed by atoms with E-state index >= 15 is 0 Å². The second kappa shape index (κ2) is 13.6. The normalized spacial score (nSPS) is 22.6. The molecule has 0 bridgehead atoms. The van der Waals surface area contributed by atoms with Gasteiger partial charge in [-0.05, 0) is 31.6 Å². The molecule has 21 heavy (non-hydrogen) atoms. The summed E-state index contributed by atoms with van der Waals surface area (Å²) in [5, 5.41) is 0. The highest BCUT2D eigenvalue weighted by molar-refractivity contribution is 4.75. The molecule has 0 amide bonds. The first-order chi connectivity index (χ1) is 10.4. The summed E-state index contributed by atoms with van der Waals surface area (Å²) in [6.07, 6.45) is 21.6. The van der Waals surface area contributed by atoms with Gasteiger partial charge in [0.1, 0.15) is 0 Å². The summed E-state index contributed by atoms with van der Waals surface area (Å²) in [6.45, 7) is 5.61. The van der Waals surface area contributed by atoms with Crippen LogP contribution in [-0.2, 0) is 4.74 Å². The van der Waals surface area contributed by atoms with Crippen LogP contribution in [0.1, 0.15) is 110 Å². The van der Waals surface area contributed by atoms with Crippen molar-refractivity contribution in [3.63, 3.8) is 0 Å². The van der Waals surface area contributed by atoms with Gasteiger partial charge < -0.3 is 4.74 Å². The summed E-state index contributed by atoms with van der Waals surface area (Å²) in [5.41, 5.74) is 0. The molecule has 0 aromatic heterocycles. The lowest BCUT2D eigenvalue weighted by molar-refractivity contribution is -0.0352. The molecule has 0 aliphatic carbocycles. The lowest BCUT2D eigenvalue weighted by Crippen LogP contribution is -2.29. The first-order valence-corrected chi connectivity index (χ1v) is 10.00. The molecular formula is C20H40O. The maximum atomic E-state index is 6.10. The van der Waals surface area contributed by atoms with Gasteiger partial charge in [0.2, 0.25) is 0 Å². The Kier molecular flexibility index (Phi) is 12.3. The predicted molar refractivity (Wildman–Crippen MR) is 93.8 cm³/mol. The van der Waals surface area contributed by atoms with Crippen molar-refractivity contribution in [2.75, 3.05) is 6.61 Å². The highest BCUT2D eigenvalue weighted by atomic mass is 16.5. The smallest absolute Gasteiger partial charge is 0.0603 e. The molecule has 1 aliphatic heterocycles. The summed E-state index contributed by atoms with van der Waals surface area (Å²) in [6, 6.07) is 0. The first-order valence-electron chi connectivity index (χ1n) is 10.00. The maximum absolute atomic E-state index is 6.10. The molecule has 2 atom stereocenters. The van der Waals surface area contributed by atoms with Crippen LogP contribution in [-0.4, -0.2) is 12.7 Å². The number of rotatable bonds is 13. The van der Waals surface area contributed by atoms with Crippen LogP contribution in [0.2, 0.25) is 0 Å². The van der Waals surface area contributed by atoms with Gasteiger partial charge >= 0.3 is 0 Å². The van der Waals surface area contributed by atoms with Crippen molar-refractivity contribution in [1.29, 1.82) is 0 Å². The average molecular weight is 299 g/mol. The lowest BCUT2D eigenvalue weighted by atomic mass is 9.86. The maximum Gasteiger partial charge on any atom is 0.0603 e. The summed E-state index contributed by atoms with van der Waals surface area (Å²) in [4.78, 5) is 0. The summed E-state index contributed by atoms with van der Waals surface area (Å²) < 4.78 is 6.10. The number of ether oxygens (including phenoxy) is 1. The molecule has 1 aliphatic rings. The predicted octanol–water partition coefficient (Wildman–Crippen LogP) is 6.89. The monoisotopic (exact) mass is 298 g/mol. The molecule has 1 saturated heterocycles. The SMILES string of the molecule is CCCCCCCC[C@H]1OCCC[C@@H]1CCCCCC[14CH3]. The fourth-order valence-corrected chi connectivity index (χ4v) is 3.69. The third kappa shape index (κ3) is 9.55. The largest absolute Gasteiger partial charge is 0.378 e. The van der Waals surface area contributed by atoms with Gasteiger partial charge in [-0.15, -0.1) is 0 Å². The minimum atomic E-state index is 0.594. The van der Waals surface area contributed by atoms with Crippen LogP contribution in [0, 0.1) is 5.92 Å². The van der Waals surface area contributed by atoms with Crippen LogP contribution >= 0.6 is 0 Å². The Balaban J connectivity index is 2.08. The van der Waals surface area contributed by atoms with Gasteiger partial charge in [-0.2, -0.15) is 0 Å². The molecule has 0 aromatic carbocycles. The molecule has 0 spiro atoms. The molecule has 126 valence electrons. The standard InChI is InChI=1S/C20H40O/c1-3-5-7-9-11-13-17-20-19(16-14-18-21-20)15-12-10-8-6-4-2/h19-20H,3-18H2,1-2H3/t19-,20+/m0/s1/i2+2. The second-order valence-electron chi connectivity index (χ2n) is 7.07. The Morgan fingerprint density at radius 1 is 0.857 bits per heavy atom. The van der Waals surface area contributed by atoms with E-state index in [1.165, 1.54) is 96.3 Å². The summed E-state index contributed by atoms with van der Waals surface area (Å²) in [5.74, 6) is 0.871. The van der Waals surface area contributed by atoms with Crippen LogP contribution in [0.25, 0.3) is 0 Å². The average Bonchev–Trinajstić information content (AvgIpc) is 2.52. The molecule has 1 heteroatoms. The topological polar surface area (TPSA) is 9.23 Å². The Morgan fingerprint density at radius 2 is 1.52 bits per heavy atom. The van der Waals surface area contributed by atoms with E-state index in [0.29, 0.717) is 6.10 Å². The molecule has 1 nitrogen and oxygen atoms in total. The number of hydrogen-bond acceptors (Lipinski definition) is 1. The fourth-order valence-electron chi connectivity index (χ4n) is 3.69.